The van der Waals surface area contributed by atoms with Gasteiger partial charge in [0.15, 0.2) is 17.5 Å². The number of benzene rings is 8. The van der Waals surface area contributed by atoms with Gasteiger partial charge in [-0.1, -0.05) is 170 Å². The average molecular weight is 716 g/mol. The van der Waals surface area contributed by atoms with Gasteiger partial charge in [-0.05, 0) is 74.8 Å². The Labute approximate surface area is 325 Å². The number of hydrogen-bond donors (Lipinski definition) is 0. The predicted molar refractivity (Wildman–Crippen MR) is 224 cm³/mol. The van der Waals surface area contributed by atoms with Crippen molar-refractivity contribution < 1.29 is 4.74 Å². The molecule has 2 heterocycles. The number of rotatable bonds is 5. The highest BCUT2D eigenvalue weighted by Crippen LogP contribution is 2.62. The van der Waals surface area contributed by atoms with Gasteiger partial charge in [0, 0.05) is 27.8 Å². The normalized spacial score (nSPS) is 12.9. The molecule has 4 nitrogen and oxygen atoms in total. The fourth-order valence-corrected chi connectivity index (χ4v) is 8.69. The van der Waals surface area contributed by atoms with Crippen LogP contribution in [-0.2, 0) is 5.41 Å². The highest BCUT2D eigenvalue weighted by Gasteiger charge is 2.51. The number of para-hydroxylation sites is 2. The summed E-state index contributed by atoms with van der Waals surface area (Å²) in [6, 6.07) is 70.4. The predicted octanol–water partition coefficient (Wildman–Crippen LogP) is 12.7. The zero-order chi connectivity index (χ0) is 37.1. The summed E-state index contributed by atoms with van der Waals surface area (Å²) in [5.74, 6) is 3.72. The lowest BCUT2D eigenvalue weighted by Gasteiger charge is -2.39. The van der Waals surface area contributed by atoms with E-state index in [1.54, 1.807) is 0 Å². The number of fused-ring (bicyclic) bond motifs is 9. The summed E-state index contributed by atoms with van der Waals surface area (Å²) in [4.78, 5) is 14.9. The van der Waals surface area contributed by atoms with Crippen LogP contribution >= 0.6 is 0 Å². The third-order valence-electron chi connectivity index (χ3n) is 11.2. The van der Waals surface area contributed by atoms with Gasteiger partial charge in [-0.15, -0.1) is 0 Å². The smallest absolute Gasteiger partial charge is 0.164 e. The molecule has 0 saturated heterocycles. The molecule has 0 N–H and O–H groups in total. The van der Waals surface area contributed by atoms with Gasteiger partial charge >= 0.3 is 0 Å². The molecule has 1 spiro atoms. The number of hydrogen-bond acceptors (Lipinski definition) is 4. The van der Waals surface area contributed by atoms with E-state index in [0.717, 1.165) is 61.6 Å². The molecule has 0 bridgehead atoms. The molecule has 0 unspecified atom stereocenters. The summed E-state index contributed by atoms with van der Waals surface area (Å²) < 4.78 is 6.56. The first-order valence-corrected chi connectivity index (χ1v) is 18.9. The molecular weight excluding hydrogens is 683 g/mol. The summed E-state index contributed by atoms with van der Waals surface area (Å²) in [5.41, 5.74) is 14.2. The highest BCUT2D eigenvalue weighted by molar-refractivity contribution is 5.90. The lowest BCUT2D eigenvalue weighted by atomic mass is 9.66. The van der Waals surface area contributed by atoms with E-state index >= 15 is 0 Å². The molecule has 1 aliphatic carbocycles. The van der Waals surface area contributed by atoms with E-state index in [-0.39, 0.29) is 0 Å². The monoisotopic (exact) mass is 715 g/mol. The molecule has 0 saturated carbocycles. The van der Waals surface area contributed by atoms with Gasteiger partial charge < -0.3 is 4.74 Å². The van der Waals surface area contributed by atoms with Crippen LogP contribution in [0.15, 0.2) is 200 Å². The molecule has 8 aromatic carbocycles. The van der Waals surface area contributed by atoms with Gasteiger partial charge in [-0.2, -0.15) is 0 Å². The van der Waals surface area contributed by atoms with Crippen LogP contribution in [0.4, 0.5) is 0 Å². The van der Waals surface area contributed by atoms with Crippen molar-refractivity contribution in [3.8, 4) is 79.0 Å². The second-order valence-corrected chi connectivity index (χ2v) is 14.4. The van der Waals surface area contributed by atoms with Crippen molar-refractivity contribution in [1.82, 2.24) is 15.0 Å². The Morgan fingerprint density at radius 3 is 1.29 bits per heavy atom. The SMILES string of the molecule is c1ccc(-c2nc(-c3ccccc3)nc(-c3cccc(-c4cccc(-c5ccc6c(c5)C5(c7ccccc7Oc7ccccc75)c5ccccc5-6)c4)c3)n2)cc1. The molecule has 0 fully saturated rings. The molecule has 4 heteroatoms. The van der Waals surface area contributed by atoms with E-state index in [1.165, 1.54) is 22.3 Å². The molecular formula is C52H33N3O. The van der Waals surface area contributed by atoms with E-state index in [1.807, 2.05) is 60.7 Å². The molecule has 262 valence electrons. The first-order chi connectivity index (χ1) is 27.7. The van der Waals surface area contributed by atoms with Crippen LogP contribution in [0.1, 0.15) is 22.3 Å². The van der Waals surface area contributed by atoms with E-state index < -0.39 is 5.41 Å². The molecule has 0 radical (unpaired) electrons. The van der Waals surface area contributed by atoms with Crippen LogP contribution in [0, 0.1) is 0 Å². The summed E-state index contributed by atoms with van der Waals surface area (Å²) in [6.07, 6.45) is 0. The number of aromatic nitrogens is 3. The first-order valence-electron chi connectivity index (χ1n) is 18.9. The van der Waals surface area contributed by atoms with Crippen molar-refractivity contribution in [2.75, 3.05) is 0 Å². The minimum atomic E-state index is -0.513. The van der Waals surface area contributed by atoms with Crippen molar-refractivity contribution in [2.45, 2.75) is 5.41 Å². The summed E-state index contributed by atoms with van der Waals surface area (Å²) >= 11 is 0. The molecule has 11 rings (SSSR count). The summed E-state index contributed by atoms with van der Waals surface area (Å²) in [5, 5.41) is 0. The molecule has 0 atom stereocenters. The van der Waals surface area contributed by atoms with Crippen molar-refractivity contribution in [3.05, 3.63) is 222 Å². The van der Waals surface area contributed by atoms with E-state index in [9.17, 15) is 0 Å². The second kappa shape index (κ2) is 12.9. The second-order valence-electron chi connectivity index (χ2n) is 14.4. The Hall–Kier alpha value is -7.43. The molecule has 1 aliphatic heterocycles. The minimum absolute atomic E-state index is 0.513. The van der Waals surface area contributed by atoms with Crippen molar-refractivity contribution >= 4 is 0 Å². The van der Waals surface area contributed by atoms with E-state index in [2.05, 4.69) is 140 Å². The number of nitrogens with zero attached hydrogens (tertiary/aromatic N) is 3. The van der Waals surface area contributed by atoms with Crippen molar-refractivity contribution in [3.63, 3.8) is 0 Å². The van der Waals surface area contributed by atoms with Gasteiger partial charge in [0.2, 0.25) is 0 Å². The summed E-state index contributed by atoms with van der Waals surface area (Å²) in [6.45, 7) is 0. The van der Waals surface area contributed by atoms with E-state index in [0.29, 0.717) is 17.5 Å². The number of ether oxygens (including phenoxy) is 1. The molecule has 56 heavy (non-hydrogen) atoms. The van der Waals surface area contributed by atoms with Crippen LogP contribution in [0.25, 0.3) is 67.5 Å². The van der Waals surface area contributed by atoms with Gasteiger partial charge in [0.05, 0.1) is 5.41 Å². The maximum absolute atomic E-state index is 6.56. The third-order valence-corrected chi connectivity index (χ3v) is 11.2. The van der Waals surface area contributed by atoms with E-state index in [4.69, 9.17) is 19.7 Å². The third kappa shape index (κ3) is 5.04. The Kier molecular flexibility index (Phi) is 7.36. The van der Waals surface area contributed by atoms with Crippen molar-refractivity contribution in [1.29, 1.82) is 0 Å². The van der Waals surface area contributed by atoms with Crippen LogP contribution in [0.3, 0.4) is 0 Å². The molecule has 0 amide bonds. The zero-order valence-corrected chi connectivity index (χ0v) is 30.3. The van der Waals surface area contributed by atoms with Crippen LogP contribution in [0.2, 0.25) is 0 Å². The van der Waals surface area contributed by atoms with Crippen LogP contribution in [-0.4, -0.2) is 15.0 Å². The maximum atomic E-state index is 6.56. The van der Waals surface area contributed by atoms with Gasteiger partial charge in [-0.3, -0.25) is 0 Å². The van der Waals surface area contributed by atoms with Gasteiger partial charge in [0.1, 0.15) is 11.5 Å². The summed E-state index contributed by atoms with van der Waals surface area (Å²) in [7, 11) is 0. The maximum Gasteiger partial charge on any atom is 0.164 e. The standard InChI is InChI=1S/C52H33N3O/c1-3-15-34(16-4-1)49-53-50(35-17-5-2-6-18-35)55-51(54-49)40-22-14-21-38(32-40)36-19-13-20-37(31-36)39-29-30-42-41-23-7-8-24-43(41)52(46(42)33-39)44-25-9-11-27-47(44)56-48-28-12-10-26-45(48)52/h1-33H. The Morgan fingerprint density at radius 1 is 0.286 bits per heavy atom. The Balaban J connectivity index is 1.03. The van der Waals surface area contributed by atoms with Gasteiger partial charge in [0.25, 0.3) is 0 Å². The fourth-order valence-electron chi connectivity index (χ4n) is 8.69. The fraction of sp³-hybridized carbons (Fsp3) is 0.0192. The highest BCUT2D eigenvalue weighted by atomic mass is 16.5. The molecule has 9 aromatic rings. The first kappa shape index (κ1) is 32.0. The minimum Gasteiger partial charge on any atom is -0.457 e. The lowest BCUT2D eigenvalue weighted by Crippen LogP contribution is -2.32. The lowest BCUT2D eigenvalue weighted by molar-refractivity contribution is 0.436. The average Bonchev–Trinajstić information content (AvgIpc) is 3.57. The van der Waals surface area contributed by atoms with Crippen LogP contribution < -0.4 is 4.74 Å². The zero-order valence-electron chi connectivity index (χ0n) is 30.3. The van der Waals surface area contributed by atoms with Crippen molar-refractivity contribution in [2.24, 2.45) is 0 Å². The molecule has 1 aromatic heterocycles. The van der Waals surface area contributed by atoms with Crippen LogP contribution in [0.5, 0.6) is 11.5 Å². The Morgan fingerprint density at radius 2 is 0.696 bits per heavy atom. The topological polar surface area (TPSA) is 47.9 Å². The largest absolute Gasteiger partial charge is 0.457 e. The molecule has 2 aliphatic rings. The van der Waals surface area contributed by atoms with Gasteiger partial charge in [-0.25, -0.2) is 15.0 Å². The Bertz CT molecular complexity index is 2850. The quantitative estimate of drug-likeness (QED) is 0.178.